The predicted octanol–water partition coefficient (Wildman–Crippen LogP) is 1.82. The number of hydrazone groups is 1. The number of nitrogens with zero attached hydrogens (tertiary/aromatic N) is 6. The first-order chi connectivity index (χ1) is 16.4. The van der Waals surface area contributed by atoms with Crippen molar-refractivity contribution in [2.24, 2.45) is 21.5 Å². The van der Waals surface area contributed by atoms with Crippen molar-refractivity contribution in [2.75, 3.05) is 32.7 Å². The van der Waals surface area contributed by atoms with Crippen LogP contribution in [0.2, 0.25) is 0 Å². The van der Waals surface area contributed by atoms with E-state index in [1.165, 1.54) is 38.1 Å². The Morgan fingerprint density at radius 3 is 2.34 bits per heavy atom. The molecule has 188 valence electrons. The van der Waals surface area contributed by atoms with Gasteiger partial charge in [-0.2, -0.15) is 9.50 Å². The lowest BCUT2D eigenvalue weighted by atomic mass is 10.0. The van der Waals surface area contributed by atoms with Gasteiger partial charge in [-0.15, -0.1) is 0 Å². The van der Waals surface area contributed by atoms with Crippen LogP contribution in [0.3, 0.4) is 0 Å². The van der Waals surface area contributed by atoms with Gasteiger partial charge in [-0.25, -0.2) is 18.4 Å². The Kier molecular flexibility index (Phi) is 7.19. The molecule has 1 unspecified atom stereocenters. The van der Waals surface area contributed by atoms with Crippen LogP contribution in [0.25, 0.3) is 0 Å². The maximum Gasteiger partial charge on any atom is 0.276 e. The van der Waals surface area contributed by atoms with Crippen LogP contribution in [0.1, 0.15) is 24.9 Å². The van der Waals surface area contributed by atoms with Crippen LogP contribution in [0, 0.1) is 0 Å². The number of carbonyl (C=O) groups excluding carboxylic acids is 1. The van der Waals surface area contributed by atoms with Crippen LogP contribution < -0.4 is 5.32 Å². The molecule has 1 aliphatic rings. The number of rotatable bonds is 7. The van der Waals surface area contributed by atoms with Crippen molar-refractivity contribution in [3.8, 4) is 11.8 Å². The fraction of sp³-hybridized carbons (Fsp3) is 0.364. The molecule has 1 atom stereocenters. The molecular weight excluding hydrogens is 474 g/mol. The third kappa shape index (κ3) is 5.29. The van der Waals surface area contributed by atoms with E-state index in [9.17, 15) is 23.4 Å². The molecule has 1 aromatic carbocycles. The highest BCUT2D eigenvalue weighted by molar-refractivity contribution is 7.89. The first kappa shape index (κ1) is 25.7. The summed E-state index contributed by atoms with van der Waals surface area (Å²) in [5.74, 6) is -1.31. The van der Waals surface area contributed by atoms with Gasteiger partial charge in [0.2, 0.25) is 11.8 Å². The van der Waals surface area contributed by atoms with Gasteiger partial charge < -0.3 is 20.4 Å². The molecule has 0 radical (unpaired) electrons. The number of anilines is 1. The molecule has 0 spiro atoms. The summed E-state index contributed by atoms with van der Waals surface area (Å²) in [5, 5.41) is 30.0. The van der Waals surface area contributed by atoms with Gasteiger partial charge in [-0.1, -0.05) is 37.3 Å². The molecule has 0 saturated heterocycles. The Labute approximate surface area is 204 Å². The number of benzene rings is 1. The molecule has 3 rings (SSSR count). The number of hydrogen-bond acceptors (Lipinski definition) is 8. The number of aromatic nitrogens is 1. The van der Waals surface area contributed by atoms with E-state index in [2.05, 4.69) is 19.8 Å². The molecule has 12 nitrogen and oxygen atoms in total. The molecule has 1 aliphatic heterocycles. The van der Waals surface area contributed by atoms with Crippen molar-refractivity contribution in [1.82, 2.24) is 14.5 Å². The van der Waals surface area contributed by atoms with Gasteiger partial charge in [0.15, 0.2) is 22.9 Å². The molecule has 0 bridgehead atoms. The molecule has 0 aliphatic carbocycles. The largest absolute Gasteiger partial charge is 0.493 e. The van der Waals surface area contributed by atoms with Gasteiger partial charge in [-0.3, -0.25) is 9.36 Å². The second-order valence-electron chi connectivity index (χ2n) is 8.23. The van der Waals surface area contributed by atoms with Crippen LogP contribution in [-0.4, -0.2) is 83.7 Å². The number of nitrogens with one attached hydrogen (secondary N) is 1. The number of amidine groups is 1. The molecule has 35 heavy (non-hydrogen) atoms. The second kappa shape index (κ2) is 9.78. The quantitative estimate of drug-likeness (QED) is 0.521. The topological polar surface area (TPSA) is 152 Å². The molecule has 0 fully saturated rings. The van der Waals surface area contributed by atoms with Gasteiger partial charge in [0.1, 0.15) is 5.69 Å². The molecule has 1 amide bonds. The minimum atomic E-state index is -3.93. The van der Waals surface area contributed by atoms with Crippen LogP contribution in [-0.2, 0) is 21.9 Å². The maximum absolute atomic E-state index is 12.7. The predicted molar refractivity (Wildman–Crippen MR) is 135 cm³/mol. The molecule has 13 heteroatoms. The first-order valence-corrected chi connectivity index (χ1v) is 12.6. The van der Waals surface area contributed by atoms with Gasteiger partial charge in [-0.05, 0) is 12.0 Å². The van der Waals surface area contributed by atoms with E-state index < -0.39 is 15.9 Å². The molecule has 0 saturated carbocycles. The summed E-state index contributed by atoms with van der Waals surface area (Å²) in [6.45, 7) is 1.96. The molecular formula is C22H29N7O5S. The van der Waals surface area contributed by atoms with E-state index in [0.717, 1.165) is 16.4 Å². The zero-order chi connectivity index (χ0) is 26.1. The van der Waals surface area contributed by atoms with Gasteiger partial charge in [0, 0.05) is 28.2 Å². The average molecular weight is 504 g/mol. The summed E-state index contributed by atoms with van der Waals surface area (Å²) < 4.78 is 28.9. The smallest absolute Gasteiger partial charge is 0.276 e. The fourth-order valence-corrected chi connectivity index (χ4v) is 4.00. The standard InChI is InChI=1S/C22H29N7O5S/c1-7-14(13-11-9-8-10-12-13)23-16-17(22(32)28(4)21(16)31)24-19-15(26-35(6,33)34)18(25-29(19)5)20(30)27(2)3/h8-12,14,23,31-32H,7H2,1-6H3. The highest BCUT2D eigenvalue weighted by atomic mass is 32.2. The highest BCUT2D eigenvalue weighted by Gasteiger charge is 2.36. The minimum Gasteiger partial charge on any atom is -0.493 e. The van der Waals surface area contributed by atoms with Gasteiger partial charge in [0.05, 0.1) is 12.3 Å². The Balaban J connectivity index is 2.17. The molecule has 1 aromatic heterocycles. The van der Waals surface area contributed by atoms with E-state index in [1.807, 2.05) is 37.3 Å². The summed E-state index contributed by atoms with van der Waals surface area (Å²) in [6, 6.07) is 9.32. The van der Waals surface area contributed by atoms with E-state index in [1.54, 1.807) is 0 Å². The van der Waals surface area contributed by atoms with Crippen LogP contribution in [0.5, 0.6) is 11.8 Å². The number of hydrogen-bond donors (Lipinski definition) is 3. The number of aromatic hydroxyl groups is 2. The third-order valence-corrected chi connectivity index (χ3v) is 5.83. The maximum atomic E-state index is 12.7. The Morgan fingerprint density at radius 1 is 1.17 bits per heavy atom. The SMILES string of the molecule is CCC(Nc1c(N=C2C(=NS(C)(=O)=O)C(C(=O)N(C)C)=NN2C)c(O)n(C)c1O)c1ccccc1. The van der Waals surface area contributed by atoms with E-state index in [4.69, 9.17) is 0 Å². The van der Waals surface area contributed by atoms with E-state index >= 15 is 0 Å². The van der Waals surface area contributed by atoms with E-state index in [0.29, 0.717) is 6.42 Å². The van der Waals surface area contributed by atoms with Crippen LogP contribution in [0.15, 0.2) is 44.8 Å². The summed E-state index contributed by atoms with van der Waals surface area (Å²) in [5.41, 5.74) is 0.545. The Hall–Kier alpha value is -3.87. The monoisotopic (exact) mass is 503 g/mol. The molecule has 2 aromatic rings. The Bertz CT molecular complexity index is 1330. The van der Waals surface area contributed by atoms with E-state index in [-0.39, 0.29) is 46.4 Å². The van der Waals surface area contributed by atoms with Crippen molar-refractivity contribution < 1.29 is 23.4 Å². The van der Waals surface area contributed by atoms with Crippen molar-refractivity contribution in [2.45, 2.75) is 19.4 Å². The second-order valence-corrected chi connectivity index (χ2v) is 9.87. The average Bonchev–Trinajstić information content (AvgIpc) is 3.20. The molecule has 3 N–H and O–H groups in total. The van der Waals surface area contributed by atoms with Crippen molar-refractivity contribution in [3.63, 3.8) is 0 Å². The van der Waals surface area contributed by atoms with Gasteiger partial charge >= 0.3 is 0 Å². The highest BCUT2D eigenvalue weighted by Crippen LogP contribution is 2.46. The zero-order valence-electron chi connectivity index (χ0n) is 20.4. The lowest BCUT2D eigenvalue weighted by Crippen LogP contribution is -2.36. The number of aliphatic imine (C=N–C) groups is 1. The van der Waals surface area contributed by atoms with Crippen LogP contribution >= 0.6 is 0 Å². The van der Waals surface area contributed by atoms with Gasteiger partial charge in [0.25, 0.3) is 15.9 Å². The van der Waals surface area contributed by atoms with Crippen LogP contribution in [0.4, 0.5) is 11.4 Å². The summed E-state index contributed by atoms with van der Waals surface area (Å²) in [7, 11) is 1.98. The fourth-order valence-electron chi connectivity index (χ4n) is 3.50. The first-order valence-electron chi connectivity index (χ1n) is 10.7. The summed E-state index contributed by atoms with van der Waals surface area (Å²) in [6.07, 6.45) is 1.54. The normalized spacial score (nSPS) is 17.1. The lowest BCUT2D eigenvalue weighted by Gasteiger charge is -2.19. The number of sulfonamides is 1. The lowest BCUT2D eigenvalue weighted by molar-refractivity contribution is -0.121. The zero-order valence-corrected chi connectivity index (χ0v) is 21.2. The van der Waals surface area contributed by atoms with Crippen molar-refractivity contribution in [1.29, 1.82) is 0 Å². The van der Waals surface area contributed by atoms with Crippen molar-refractivity contribution >= 4 is 44.6 Å². The summed E-state index contributed by atoms with van der Waals surface area (Å²) >= 11 is 0. The Morgan fingerprint density at radius 2 is 1.80 bits per heavy atom. The number of amides is 1. The third-order valence-electron chi connectivity index (χ3n) is 5.31. The number of carbonyl (C=O) groups is 1. The minimum absolute atomic E-state index is 0.0591. The summed E-state index contributed by atoms with van der Waals surface area (Å²) in [4.78, 5) is 18.3. The molecule has 2 heterocycles. The van der Waals surface area contributed by atoms with Crippen molar-refractivity contribution in [3.05, 3.63) is 35.9 Å².